The number of rotatable bonds is 6. The van der Waals surface area contributed by atoms with E-state index >= 15 is 0 Å². The van der Waals surface area contributed by atoms with Gasteiger partial charge in [-0.05, 0) is 38.5 Å². The fraction of sp³-hybridized carbons (Fsp3) is 0.538. The van der Waals surface area contributed by atoms with E-state index < -0.39 is 0 Å². The largest absolute Gasteiger partial charge is 0.491 e. The lowest BCUT2D eigenvalue weighted by Crippen LogP contribution is -2.11. The van der Waals surface area contributed by atoms with E-state index in [1.807, 2.05) is 39.0 Å². The van der Waals surface area contributed by atoms with E-state index in [4.69, 9.17) is 15.2 Å². The fourth-order valence-electron chi connectivity index (χ4n) is 1.41. The van der Waals surface area contributed by atoms with E-state index in [9.17, 15) is 0 Å². The van der Waals surface area contributed by atoms with Gasteiger partial charge in [0.25, 0.3) is 0 Å². The van der Waals surface area contributed by atoms with Crippen molar-refractivity contribution in [1.82, 2.24) is 0 Å². The minimum absolute atomic E-state index is 0.0164. The van der Waals surface area contributed by atoms with Gasteiger partial charge in [0.15, 0.2) is 0 Å². The molecule has 0 amide bonds. The zero-order valence-electron chi connectivity index (χ0n) is 10.6. The molecule has 0 radical (unpaired) electrons. The fourth-order valence-corrected chi connectivity index (χ4v) is 2.13. The molecule has 4 heteroatoms. The maximum atomic E-state index is 5.83. The molecule has 0 aromatic heterocycles. The summed E-state index contributed by atoms with van der Waals surface area (Å²) in [5.41, 5.74) is 6.91. The average Bonchev–Trinajstić information content (AvgIpc) is 2.23. The lowest BCUT2D eigenvalue weighted by molar-refractivity contribution is 0.0552. The van der Waals surface area contributed by atoms with Crippen LogP contribution in [-0.4, -0.2) is 19.3 Å². The number of hydrogen-bond acceptors (Lipinski definition) is 3. The molecule has 0 spiro atoms. The lowest BCUT2D eigenvalue weighted by Gasteiger charge is -2.12. The van der Waals surface area contributed by atoms with Crippen molar-refractivity contribution in [2.75, 3.05) is 13.2 Å². The van der Waals surface area contributed by atoms with Gasteiger partial charge >= 0.3 is 0 Å². The van der Waals surface area contributed by atoms with Crippen LogP contribution in [0.3, 0.4) is 0 Å². The quantitative estimate of drug-likeness (QED) is 0.820. The Bertz CT molecular complexity index is 353. The molecule has 96 valence electrons. The average molecular weight is 302 g/mol. The van der Waals surface area contributed by atoms with Crippen LogP contribution in [0.1, 0.15) is 32.4 Å². The van der Waals surface area contributed by atoms with Gasteiger partial charge in [-0.2, -0.15) is 0 Å². The Morgan fingerprint density at radius 1 is 1.24 bits per heavy atom. The molecule has 0 saturated heterocycles. The van der Waals surface area contributed by atoms with Crippen LogP contribution in [0, 0.1) is 0 Å². The van der Waals surface area contributed by atoms with E-state index in [0.717, 1.165) is 15.8 Å². The molecule has 3 nitrogen and oxygen atoms in total. The molecule has 0 aliphatic heterocycles. The maximum Gasteiger partial charge on any atom is 0.120 e. The van der Waals surface area contributed by atoms with E-state index in [2.05, 4.69) is 15.9 Å². The Balaban J connectivity index is 2.47. The molecule has 0 aliphatic rings. The van der Waals surface area contributed by atoms with Crippen molar-refractivity contribution < 1.29 is 9.47 Å². The molecule has 0 fully saturated rings. The van der Waals surface area contributed by atoms with Gasteiger partial charge in [0.1, 0.15) is 12.4 Å². The number of nitrogens with two attached hydrogens (primary N) is 1. The van der Waals surface area contributed by atoms with Crippen LogP contribution < -0.4 is 10.5 Å². The standard InChI is InChI=1S/C13H20BrNO2/c1-9(2)16-6-7-17-11-4-5-12(10(3)15)13(14)8-11/h4-5,8-10H,6-7,15H2,1-3H3/t10-/m0/s1. The molecule has 1 aromatic carbocycles. The van der Waals surface area contributed by atoms with Crippen LogP contribution in [0.25, 0.3) is 0 Å². The van der Waals surface area contributed by atoms with Crippen LogP contribution in [0.2, 0.25) is 0 Å². The molecule has 0 bridgehead atoms. The van der Waals surface area contributed by atoms with E-state index in [1.165, 1.54) is 0 Å². The molecule has 0 unspecified atom stereocenters. The monoisotopic (exact) mass is 301 g/mol. The smallest absolute Gasteiger partial charge is 0.120 e. The summed E-state index contributed by atoms with van der Waals surface area (Å²) in [5.74, 6) is 0.827. The molecular weight excluding hydrogens is 282 g/mol. The normalized spacial score (nSPS) is 12.8. The predicted molar refractivity (Wildman–Crippen MR) is 73.3 cm³/mol. The Hall–Kier alpha value is -0.580. The van der Waals surface area contributed by atoms with Crippen molar-refractivity contribution in [2.45, 2.75) is 32.9 Å². The van der Waals surface area contributed by atoms with Crippen LogP contribution in [0.15, 0.2) is 22.7 Å². The van der Waals surface area contributed by atoms with Gasteiger partial charge in [0, 0.05) is 10.5 Å². The second-order valence-electron chi connectivity index (χ2n) is 4.24. The molecule has 1 atom stereocenters. The highest BCUT2D eigenvalue weighted by molar-refractivity contribution is 9.10. The third kappa shape index (κ3) is 5.06. The van der Waals surface area contributed by atoms with E-state index in [1.54, 1.807) is 0 Å². The first kappa shape index (κ1) is 14.5. The van der Waals surface area contributed by atoms with Gasteiger partial charge in [0.2, 0.25) is 0 Å². The highest BCUT2D eigenvalue weighted by Gasteiger charge is 2.06. The van der Waals surface area contributed by atoms with Crippen molar-refractivity contribution in [2.24, 2.45) is 5.73 Å². The van der Waals surface area contributed by atoms with Crippen molar-refractivity contribution >= 4 is 15.9 Å². The third-order valence-electron chi connectivity index (χ3n) is 2.27. The highest BCUT2D eigenvalue weighted by Crippen LogP contribution is 2.26. The van der Waals surface area contributed by atoms with Crippen molar-refractivity contribution in [3.05, 3.63) is 28.2 Å². The first-order chi connectivity index (χ1) is 8.00. The Morgan fingerprint density at radius 2 is 1.94 bits per heavy atom. The summed E-state index contributed by atoms with van der Waals surface area (Å²) in [6, 6.07) is 5.86. The molecule has 0 heterocycles. The van der Waals surface area contributed by atoms with Gasteiger partial charge in [0.05, 0.1) is 12.7 Å². The van der Waals surface area contributed by atoms with E-state index in [0.29, 0.717) is 13.2 Å². The van der Waals surface area contributed by atoms with Gasteiger partial charge < -0.3 is 15.2 Å². The summed E-state index contributed by atoms with van der Waals surface area (Å²) in [7, 11) is 0. The summed E-state index contributed by atoms with van der Waals surface area (Å²) in [5, 5.41) is 0. The second-order valence-corrected chi connectivity index (χ2v) is 5.09. The summed E-state index contributed by atoms with van der Waals surface area (Å²) in [6.45, 7) is 7.13. The maximum absolute atomic E-state index is 5.83. The van der Waals surface area contributed by atoms with Crippen molar-refractivity contribution in [3.63, 3.8) is 0 Å². The summed E-state index contributed by atoms with van der Waals surface area (Å²) >= 11 is 3.49. The number of halogens is 1. The minimum atomic E-state index is 0.0164. The number of hydrogen-bond donors (Lipinski definition) is 1. The zero-order chi connectivity index (χ0) is 12.8. The van der Waals surface area contributed by atoms with Crippen LogP contribution in [0.4, 0.5) is 0 Å². The topological polar surface area (TPSA) is 44.5 Å². The summed E-state index contributed by atoms with van der Waals surface area (Å²) in [6.07, 6.45) is 0.241. The Kier molecular flexibility index (Phi) is 5.95. The van der Waals surface area contributed by atoms with Crippen LogP contribution in [0.5, 0.6) is 5.75 Å². The van der Waals surface area contributed by atoms with Crippen LogP contribution in [-0.2, 0) is 4.74 Å². The molecular formula is C13H20BrNO2. The number of ether oxygens (including phenoxy) is 2. The van der Waals surface area contributed by atoms with Gasteiger partial charge in [-0.25, -0.2) is 0 Å². The lowest BCUT2D eigenvalue weighted by atomic mass is 10.1. The summed E-state index contributed by atoms with van der Waals surface area (Å²) < 4.78 is 12.0. The van der Waals surface area contributed by atoms with Crippen molar-refractivity contribution in [3.8, 4) is 5.75 Å². The Morgan fingerprint density at radius 3 is 2.47 bits per heavy atom. The molecule has 1 aromatic rings. The molecule has 1 rings (SSSR count). The molecule has 2 N–H and O–H groups in total. The van der Waals surface area contributed by atoms with Gasteiger partial charge in [-0.15, -0.1) is 0 Å². The zero-order valence-corrected chi connectivity index (χ0v) is 12.2. The molecule has 0 aliphatic carbocycles. The van der Waals surface area contributed by atoms with Gasteiger partial charge in [-0.1, -0.05) is 22.0 Å². The molecule has 17 heavy (non-hydrogen) atoms. The number of benzene rings is 1. The van der Waals surface area contributed by atoms with Crippen molar-refractivity contribution in [1.29, 1.82) is 0 Å². The van der Waals surface area contributed by atoms with E-state index in [-0.39, 0.29) is 12.1 Å². The SMILES string of the molecule is CC(C)OCCOc1ccc([C@H](C)N)c(Br)c1. The minimum Gasteiger partial charge on any atom is -0.491 e. The van der Waals surface area contributed by atoms with Crippen LogP contribution >= 0.6 is 15.9 Å². The Labute approximate surface area is 111 Å². The summed E-state index contributed by atoms with van der Waals surface area (Å²) in [4.78, 5) is 0. The second kappa shape index (κ2) is 6.99. The highest BCUT2D eigenvalue weighted by atomic mass is 79.9. The first-order valence-corrected chi connectivity index (χ1v) is 6.59. The van der Waals surface area contributed by atoms with Gasteiger partial charge in [-0.3, -0.25) is 0 Å². The first-order valence-electron chi connectivity index (χ1n) is 5.80. The molecule has 0 saturated carbocycles. The third-order valence-corrected chi connectivity index (χ3v) is 2.95. The predicted octanol–water partition coefficient (Wildman–Crippen LogP) is 3.27.